The van der Waals surface area contributed by atoms with Crippen molar-refractivity contribution in [3.8, 4) is 5.75 Å². The average Bonchev–Trinajstić information content (AvgIpc) is 3.05. The van der Waals surface area contributed by atoms with Gasteiger partial charge in [0.25, 0.3) is 5.91 Å². The second-order valence-corrected chi connectivity index (χ2v) is 5.31. The Kier molecular flexibility index (Phi) is 6.05. The SMILES string of the molecule is Cc1cc(Cl)ccc1OCCCC(=O)NNC(=O)c1ccoc1. The Balaban J connectivity index is 1.64. The number of ether oxygens (including phenoxy) is 1. The summed E-state index contributed by atoms with van der Waals surface area (Å²) in [5, 5.41) is 0.655. The number of nitrogens with one attached hydrogen (secondary N) is 2. The summed E-state index contributed by atoms with van der Waals surface area (Å²) in [4.78, 5) is 23.2. The van der Waals surface area contributed by atoms with E-state index in [4.69, 9.17) is 20.8 Å². The van der Waals surface area contributed by atoms with Gasteiger partial charge in [-0.2, -0.15) is 0 Å². The van der Waals surface area contributed by atoms with Crippen LogP contribution in [0.25, 0.3) is 0 Å². The minimum absolute atomic E-state index is 0.234. The zero-order valence-electron chi connectivity index (χ0n) is 12.6. The van der Waals surface area contributed by atoms with Crippen molar-refractivity contribution < 1.29 is 18.7 Å². The van der Waals surface area contributed by atoms with E-state index in [9.17, 15) is 9.59 Å². The van der Waals surface area contributed by atoms with E-state index in [0.717, 1.165) is 11.3 Å². The first-order valence-corrected chi connectivity index (χ1v) is 7.44. The second-order valence-electron chi connectivity index (χ2n) is 4.88. The molecule has 0 fully saturated rings. The molecule has 2 N–H and O–H groups in total. The van der Waals surface area contributed by atoms with Crippen LogP contribution in [0.2, 0.25) is 5.02 Å². The quantitative estimate of drug-likeness (QED) is 0.628. The summed E-state index contributed by atoms with van der Waals surface area (Å²) in [6.45, 7) is 2.30. The van der Waals surface area contributed by atoms with Crippen LogP contribution in [0.5, 0.6) is 5.75 Å². The number of halogens is 1. The molecule has 0 aliphatic rings. The minimum atomic E-state index is -0.430. The molecule has 0 bridgehead atoms. The lowest BCUT2D eigenvalue weighted by atomic mass is 10.2. The van der Waals surface area contributed by atoms with E-state index in [2.05, 4.69) is 10.9 Å². The van der Waals surface area contributed by atoms with Gasteiger partial charge in [-0.1, -0.05) is 11.6 Å². The summed E-state index contributed by atoms with van der Waals surface area (Å²) < 4.78 is 10.4. The number of carbonyl (C=O) groups is 2. The zero-order chi connectivity index (χ0) is 16.7. The number of rotatable bonds is 6. The molecule has 2 rings (SSSR count). The molecular formula is C16H17ClN2O4. The highest BCUT2D eigenvalue weighted by atomic mass is 35.5. The molecule has 0 aliphatic carbocycles. The molecular weight excluding hydrogens is 320 g/mol. The van der Waals surface area contributed by atoms with Crippen molar-refractivity contribution in [1.82, 2.24) is 10.9 Å². The molecule has 0 atom stereocenters. The molecule has 6 nitrogen and oxygen atoms in total. The maximum atomic E-state index is 11.6. The highest BCUT2D eigenvalue weighted by Gasteiger charge is 2.08. The average molecular weight is 337 g/mol. The summed E-state index contributed by atoms with van der Waals surface area (Å²) in [6, 6.07) is 6.86. The molecule has 0 aliphatic heterocycles. The third-order valence-electron chi connectivity index (χ3n) is 3.04. The van der Waals surface area contributed by atoms with Crippen LogP contribution >= 0.6 is 11.6 Å². The molecule has 122 valence electrons. The molecule has 0 spiro atoms. The molecule has 0 saturated heterocycles. The third-order valence-corrected chi connectivity index (χ3v) is 3.28. The summed E-state index contributed by atoms with van der Waals surface area (Å²) in [7, 11) is 0. The van der Waals surface area contributed by atoms with Gasteiger partial charge in [0.05, 0.1) is 18.4 Å². The van der Waals surface area contributed by atoms with Crippen LogP contribution in [0.4, 0.5) is 0 Å². The van der Waals surface area contributed by atoms with Gasteiger partial charge >= 0.3 is 0 Å². The number of benzene rings is 1. The normalized spacial score (nSPS) is 10.2. The van der Waals surface area contributed by atoms with Gasteiger partial charge in [-0.05, 0) is 43.2 Å². The molecule has 1 aromatic carbocycles. The van der Waals surface area contributed by atoms with E-state index in [-0.39, 0.29) is 12.3 Å². The van der Waals surface area contributed by atoms with Crippen LogP contribution in [0.1, 0.15) is 28.8 Å². The monoisotopic (exact) mass is 336 g/mol. The van der Waals surface area contributed by atoms with Gasteiger partial charge in [-0.25, -0.2) is 0 Å². The van der Waals surface area contributed by atoms with Gasteiger partial charge in [-0.15, -0.1) is 0 Å². The van der Waals surface area contributed by atoms with Crippen LogP contribution < -0.4 is 15.6 Å². The van der Waals surface area contributed by atoms with Crippen molar-refractivity contribution in [2.45, 2.75) is 19.8 Å². The van der Waals surface area contributed by atoms with E-state index in [1.165, 1.54) is 18.6 Å². The number of carbonyl (C=O) groups excluding carboxylic acids is 2. The Morgan fingerprint density at radius 3 is 2.78 bits per heavy atom. The fourth-order valence-corrected chi connectivity index (χ4v) is 2.07. The molecule has 0 unspecified atom stereocenters. The lowest BCUT2D eigenvalue weighted by molar-refractivity contribution is -0.122. The molecule has 0 saturated carbocycles. The van der Waals surface area contributed by atoms with Crippen LogP contribution in [0, 0.1) is 6.92 Å². The molecule has 2 aromatic rings. The predicted octanol–water partition coefficient (Wildman–Crippen LogP) is 2.86. The fourth-order valence-electron chi connectivity index (χ4n) is 1.84. The molecule has 23 heavy (non-hydrogen) atoms. The highest BCUT2D eigenvalue weighted by Crippen LogP contribution is 2.21. The fraction of sp³-hybridized carbons (Fsp3) is 0.250. The maximum absolute atomic E-state index is 11.6. The minimum Gasteiger partial charge on any atom is -0.493 e. The first-order chi connectivity index (χ1) is 11.1. The summed E-state index contributed by atoms with van der Waals surface area (Å²) in [5.41, 5.74) is 5.92. The summed E-state index contributed by atoms with van der Waals surface area (Å²) in [5.74, 6) is 0.0153. The molecule has 1 heterocycles. The maximum Gasteiger partial charge on any atom is 0.272 e. The lowest BCUT2D eigenvalue weighted by Crippen LogP contribution is -2.41. The molecule has 0 radical (unpaired) electrons. The number of hydrazine groups is 1. The second kappa shape index (κ2) is 8.24. The Hall–Kier alpha value is -2.47. The van der Waals surface area contributed by atoms with Gasteiger partial charge in [0.2, 0.25) is 5.91 Å². The van der Waals surface area contributed by atoms with Crippen LogP contribution in [-0.4, -0.2) is 18.4 Å². The first kappa shape index (κ1) is 16.9. The van der Waals surface area contributed by atoms with Crippen molar-refractivity contribution in [1.29, 1.82) is 0 Å². The largest absolute Gasteiger partial charge is 0.493 e. The summed E-state index contributed by atoms with van der Waals surface area (Å²) >= 11 is 5.87. The zero-order valence-corrected chi connectivity index (χ0v) is 13.4. The number of hydrogen-bond donors (Lipinski definition) is 2. The molecule has 1 aromatic heterocycles. The van der Waals surface area contributed by atoms with E-state index in [0.29, 0.717) is 23.6 Å². The highest BCUT2D eigenvalue weighted by molar-refractivity contribution is 6.30. The Labute approximate surface area is 138 Å². The third kappa shape index (κ3) is 5.34. The van der Waals surface area contributed by atoms with Crippen molar-refractivity contribution in [2.75, 3.05) is 6.61 Å². The number of aryl methyl sites for hydroxylation is 1. The van der Waals surface area contributed by atoms with E-state index < -0.39 is 5.91 Å². The van der Waals surface area contributed by atoms with Crippen LogP contribution in [0.15, 0.2) is 41.2 Å². The topological polar surface area (TPSA) is 80.6 Å². The smallest absolute Gasteiger partial charge is 0.272 e. The van der Waals surface area contributed by atoms with Crippen molar-refractivity contribution in [3.63, 3.8) is 0 Å². The standard InChI is InChI=1S/C16H17ClN2O4/c1-11-9-13(17)4-5-14(11)23-7-2-3-15(20)18-19-16(21)12-6-8-22-10-12/h4-6,8-10H,2-3,7H2,1H3,(H,18,20)(H,19,21). The predicted molar refractivity (Wildman–Crippen MR) is 85.2 cm³/mol. The van der Waals surface area contributed by atoms with Crippen LogP contribution in [0.3, 0.4) is 0 Å². The Morgan fingerprint density at radius 1 is 1.26 bits per heavy atom. The van der Waals surface area contributed by atoms with Gasteiger partial charge in [0.15, 0.2) is 0 Å². The van der Waals surface area contributed by atoms with E-state index in [1.807, 2.05) is 13.0 Å². The van der Waals surface area contributed by atoms with Gasteiger partial charge in [-0.3, -0.25) is 20.4 Å². The number of hydrogen-bond acceptors (Lipinski definition) is 4. The van der Waals surface area contributed by atoms with Crippen molar-refractivity contribution in [3.05, 3.63) is 52.9 Å². The number of amides is 2. The van der Waals surface area contributed by atoms with E-state index >= 15 is 0 Å². The van der Waals surface area contributed by atoms with E-state index in [1.54, 1.807) is 12.1 Å². The van der Waals surface area contributed by atoms with Crippen LogP contribution in [-0.2, 0) is 4.79 Å². The van der Waals surface area contributed by atoms with Gasteiger partial charge < -0.3 is 9.15 Å². The molecule has 2 amide bonds. The Morgan fingerprint density at radius 2 is 2.09 bits per heavy atom. The van der Waals surface area contributed by atoms with Gasteiger partial charge in [0.1, 0.15) is 12.0 Å². The number of furan rings is 1. The van der Waals surface area contributed by atoms with Crippen molar-refractivity contribution in [2.24, 2.45) is 0 Å². The molecule has 7 heteroatoms. The van der Waals surface area contributed by atoms with Crippen molar-refractivity contribution >= 4 is 23.4 Å². The lowest BCUT2D eigenvalue weighted by Gasteiger charge is -2.09. The van der Waals surface area contributed by atoms with Gasteiger partial charge in [0, 0.05) is 11.4 Å². The first-order valence-electron chi connectivity index (χ1n) is 7.06. The Bertz CT molecular complexity index is 671. The summed E-state index contributed by atoms with van der Waals surface area (Å²) in [6.07, 6.45) is 3.43.